The second-order valence-corrected chi connectivity index (χ2v) is 6.18. The van der Waals surface area contributed by atoms with Crippen LogP contribution in [0.4, 0.5) is 11.4 Å². The third-order valence-corrected chi connectivity index (χ3v) is 4.24. The summed E-state index contributed by atoms with van der Waals surface area (Å²) in [6.45, 7) is 0.417. The molecule has 0 saturated heterocycles. The number of imide groups is 1. The van der Waals surface area contributed by atoms with E-state index in [1.165, 1.54) is 12.1 Å². The Bertz CT molecular complexity index is 1050. The van der Waals surface area contributed by atoms with Crippen LogP contribution < -0.4 is 5.32 Å². The van der Waals surface area contributed by atoms with Gasteiger partial charge in [0.05, 0.1) is 10.5 Å². The number of nitro groups is 1. The Morgan fingerprint density at radius 3 is 2.52 bits per heavy atom. The molecule has 29 heavy (non-hydrogen) atoms. The van der Waals surface area contributed by atoms with Crippen molar-refractivity contribution in [2.45, 2.75) is 6.92 Å². The van der Waals surface area contributed by atoms with Crippen molar-refractivity contribution in [3.05, 3.63) is 69.3 Å². The van der Waals surface area contributed by atoms with Crippen molar-refractivity contribution in [2.75, 3.05) is 18.5 Å². The van der Waals surface area contributed by atoms with Crippen LogP contribution in [0.1, 0.15) is 26.3 Å². The molecule has 3 amide bonds. The van der Waals surface area contributed by atoms with E-state index in [0.29, 0.717) is 10.6 Å². The Morgan fingerprint density at radius 1 is 1.10 bits per heavy atom. The van der Waals surface area contributed by atoms with Gasteiger partial charge in [-0.05, 0) is 24.6 Å². The van der Waals surface area contributed by atoms with Gasteiger partial charge < -0.3 is 10.1 Å². The molecule has 0 unspecified atom stereocenters. The molecular weight excluding hydrogens is 382 g/mol. The largest absolute Gasteiger partial charge is 0.454 e. The molecule has 0 aliphatic carbocycles. The van der Waals surface area contributed by atoms with Crippen molar-refractivity contribution >= 4 is 35.1 Å². The Kier molecular flexibility index (Phi) is 5.35. The number of nitrogens with zero attached hydrogens (tertiary/aromatic N) is 2. The van der Waals surface area contributed by atoms with E-state index < -0.39 is 47.5 Å². The van der Waals surface area contributed by atoms with Gasteiger partial charge in [-0.1, -0.05) is 24.3 Å². The fraction of sp³-hybridized carbons (Fsp3) is 0.158. The minimum atomic E-state index is -0.998. The molecule has 0 radical (unpaired) electrons. The highest BCUT2D eigenvalue weighted by atomic mass is 16.6. The number of benzene rings is 2. The summed E-state index contributed by atoms with van der Waals surface area (Å²) in [6, 6.07) is 10.7. The first-order chi connectivity index (χ1) is 13.8. The SMILES string of the molecule is Cc1ccccc1NC(=O)COC(=O)CN1C(=O)c2cccc([N+](=O)[O-])c2C1=O. The van der Waals surface area contributed by atoms with Gasteiger partial charge in [0.2, 0.25) is 0 Å². The molecule has 0 atom stereocenters. The third-order valence-electron chi connectivity index (χ3n) is 4.24. The van der Waals surface area contributed by atoms with Crippen LogP contribution in [0.5, 0.6) is 0 Å². The number of ether oxygens (including phenoxy) is 1. The molecule has 0 spiro atoms. The van der Waals surface area contributed by atoms with Gasteiger partial charge >= 0.3 is 5.97 Å². The molecule has 10 nitrogen and oxygen atoms in total. The molecule has 10 heteroatoms. The summed E-state index contributed by atoms with van der Waals surface area (Å²) < 4.78 is 4.82. The lowest BCUT2D eigenvalue weighted by Gasteiger charge is -2.13. The van der Waals surface area contributed by atoms with Crippen LogP contribution in [0, 0.1) is 17.0 Å². The third kappa shape index (κ3) is 3.95. The molecule has 0 saturated carbocycles. The van der Waals surface area contributed by atoms with Gasteiger partial charge in [0.15, 0.2) is 6.61 Å². The van der Waals surface area contributed by atoms with Gasteiger partial charge in [-0.3, -0.25) is 34.2 Å². The van der Waals surface area contributed by atoms with E-state index in [4.69, 9.17) is 4.74 Å². The lowest BCUT2D eigenvalue weighted by molar-refractivity contribution is -0.385. The monoisotopic (exact) mass is 397 g/mol. The molecule has 1 heterocycles. The average molecular weight is 397 g/mol. The van der Waals surface area contributed by atoms with Crippen molar-refractivity contribution in [1.82, 2.24) is 4.90 Å². The van der Waals surface area contributed by atoms with Gasteiger partial charge in [-0.25, -0.2) is 0 Å². The number of carbonyl (C=O) groups is 4. The molecule has 1 N–H and O–H groups in total. The zero-order chi connectivity index (χ0) is 21.1. The van der Waals surface area contributed by atoms with Crippen LogP contribution in [0.2, 0.25) is 0 Å². The Hall–Kier alpha value is -4.08. The van der Waals surface area contributed by atoms with E-state index >= 15 is 0 Å². The number of nitrogens with one attached hydrogen (secondary N) is 1. The van der Waals surface area contributed by atoms with E-state index in [-0.39, 0.29) is 11.1 Å². The highest BCUT2D eigenvalue weighted by molar-refractivity contribution is 6.24. The van der Waals surface area contributed by atoms with E-state index in [1.54, 1.807) is 31.2 Å². The maximum atomic E-state index is 12.4. The van der Waals surface area contributed by atoms with Gasteiger partial charge in [-0.2, -0.15) is 0 Å². The zero-order valence-corrected chi connectivity index (χ0v) is 15.2. The van der Waals surface area contributed by atoms with Crippen LogP contribution in [-0.4, -0.2) is 46.7 Å². The Balaban J connectivity index is 1.61. The second-order valence-electron chi connectivity index (χ2n) is 6.18. The maximum absolute atomic E-state index is 12.4. The molecule has 1 aliphatic heterocycles. The predicted octanol–water partition coefficient (Wildman–Crippen LogP) is 1.68. The standard InChI is InChI=1S/C19H15N3O7/c1-11-5-2-3-7-13(11)20-15(23)10-29-16(24)9-21-18(25)12-6-4-8-14(22(27)28)17(12)19(21)26/h2-8H,9-10H2,1H3,(H,20,23). The summed E-state index contributed by atoms with van der Waals surface area (Å²) in [5.74, 6) is -3.39. The lowest BCUT2D eigenvalue weighted by Crippen LogP contribution is -2.36. The number of rotatable bonds is 6. The summed E-state index contributed by atoms with van der Waals surface area (Å²) in [5, 5.41) is 13.7. The molecule has 0 aromatic heterocycles. The molecule has 3 rings (SSSR count). The number of fused-ring (bicyclic) bond motifs is 1. The number of amides is 3. The second kappa shape index (κ2) is 7.89. The lowest BCUT2D eigenvalue weighted by atomic mass is 10.1. The quantitative estimate of drug-likeness (QED) is 0.339. The molecule has 2 aromatic carbocycles. The van der Waals surface area contributed by atoms with Crippen LogP contribution in [0.15, 0.2) is 42.5 Å². The van der Waals surface area contributed by atoms with Crippen LogP contribution >= 0.6 is 0 Å². The first-order valence-corrected chi connectivity index (χ1v) is 8.44. The number of hydrogen-bond acceptors (Lipinski definition) is 7. The van der Waals surface area contributed by atoms with E-state index in [1.807, 2.05) is 0 Å². The van der Waals surface area contributed by atoms with Crippen molar-refractivity contribution in [2.24, 2.45) is 0 Å². The first kappa shape index (κ1) is 19.7. The number of carbonyl (C=O) groups excluding carboxylic acids is 4. The maximum Gasteiger partial charge on any atom is 0.326 e. The van der Waals surface area contributed by atoms with Crippen molar-refractivity contribution in [3.8, 4) is 0 Å². The molecule has 148 valence electrons. The normalized spacial score (nSPS) is 12.5. The van der Waals surface area contributed by atoms with Crippen LogP contribution in [0.3, 0.4) is 0 Å². The number of para-hydroxylation sites is 1. The van der Waals surface area contributed by atoms with Crippen molar-refractivity contribution < 1.29 is 28.8 Å². The van der Waals surface area contributed by atoms with Gasteiger partial charge in [0.1, 0.15) is 12.1 Å². The predicted molar refractivity (Wildman–Crippen MR) is 99.2 cm³/mol. The highest BCUT2D eigenvalue weighted by Gasteiger charge is 2.41. The number of hydrogen-bond donors (Lipinski definition) is 1. The van der Waals surface area contributed by atoms with Crippen molar-refractivity contribution in [3.63, 3.8) is 0 Å². The molecule has 2 aromatic rings. The van der Waals surface area contributed by atoms with Gasteiger partial charge in [0, 0.05) is 11.8 Å². The van der Waals surface area contributed by atoms with E-state index in [9.17, 15) is 29.3 Å². The van der Waals surface area contributed by atoms with E-state index in [0.717, 1.165) is 11.6 Å². The average Bonchev–Trinajstić information content (AvgIpc) is 2.93. The minimum absolute atomic E-state index is 0.158. The Labute approximate surface area is 164 Å². The fourth-order valence-electron chi connectivity index (χ4n) is 2.83. The summed E-state index contributed by atoms with van der Waals surface area (Å²) >= 11 is 0. The van der Waals surface area contributed by atoms with Gasteiger partial charge in [-0.15, -0.1) is 0 Å². The smallest absolute Gasteiger partial charge is 0.326 e. The number of aryl methyl sites for hydroxylation is 1. The molecule has 0 bridgehead atoms. The summed E-state index contributed by atoms with van der Waals surface area (Å²) in [4.78, 5) is 59.5. The summed E-state index contributed by atoms with van der Waals surface area (Å²) in [6.07, 6.45) is 0. The molecule has 0 fully saturated rings. The number of nitro benzene ring substituents is 1. The topological polar surface area (TPSA) is 136 Å². The Morgan fingerprint density at radius 2 is 1.83 bits per heavy atom. The van der Waals surface area contributed by atoms with Crippen LogP contribution in [-0.2, 0) is 14.3 Å². The van der Waals surface area contributed by atoms with Gasteiger partial charge in [0.25, 0.3) is 23.4 Å². The minimum Gasteiger partial charge on any atom is -0.454 e. The number of esters is 1. The van der Waals surface area contributed by atoms with Crippen LogP contribution in [0.25, 0.3) is 0 Å². The molecule has 1 aliphatic rings. The fourth-order valence-corrected chi connectivity index (χ4v) is 2.83. The summed E-state index contributed by atoms with van der Waals surface area (Å²) in [5.41, 5.74) is 0.331. The highest BCUT2D eigenvalue weighted by Crippen LogP contribution is 2.30. The van der Waals surface area contributed by atoms with Crippen molar-refractivity contribution in [1.29, 1.82) is 0 Å². The summed E-state index contributed by atoms with van der Waals surface area (Å²) in [7, 11) is 0. The zero-order valence-electron chi connectivity index (χ0n) is 15.2. The van der Waals surface area contributed by atoms with E-state index in [2.05, 4.69) is 5.32 Å². The first-order valence-electron chi connectivity index (χ1n) is 8.44. The molecular formula is C19H15N3O7. The number of anilines is 1.